The highest BCUT2D eigenvalue weighted by Crippen LogP contribution is 2.20. The summed E-state index contributed by atoms with van der Waals surface area (Å²) in [6, 6.07) is 16.9. The molecule has 0 unspecified atom stereocenters. The van der Waals surface area contributed by atoms with Gasteiger partial charge in [0.05, 0.1) is 12.4 Å². The van der Waals surface area contributed by atoms with Gasteiger partial charge in [0.15, 0.2) is 5.82 Å². The zero-order valence-electron chi connectivity index (χ0n) is 14.3. The quantitative estimate of drug-likeness (QED) is 0.715. The Balaban J connectivity index is 1.41. The highest BCUT2D eigenvalue weighted by atomic mass is 32.1. The third-order valence-electron chi connectivity index (χ3n) is 4.63. The molecule has 4 rings (SSSR count). The average Bonchev–Trinajstić information content (AvgIpc) is 3.04. The molecule has 0 saturated carbocycles. The van der Waals surface area contributed by atoms with Crippen LogP contribution >= 0.6 is 12.2 Å². The minimum absolute atomic E-state index is 0.163. The number of anilines is 1. The number of H-pyrrole nitrogens is 1. The van der Waals surface area contributed by atoms with Crippen LogP contribution in [-0.2, 0) is 6.67 Å². The van der Waals surface area contributed by atoms with Crippen LogP contribution in [0.25, 0.3) is 11.4 Å². The number of aromatic amines is 1. The minimum atomic E-state index is -0.163. The van der Waals surface area contributed by atoms with Crippen LogP contribution in [0.1, 0.15) is 0 Å². The van der Waals surface area contributed by atoms with Crippen LogP contribution in [0.5, 0.6) is 0 Å². The molecule has 1 N–H and O–H groups in total. The lowest BCUT2D eigenvalue weighted by molar-refractivity contribution is 0.194. The number of para-hydroxylation sites is 1. The first kappa shape index (κ1) is 16.9. The smallest absolute Gasteiger partial charge is 0.217 e. The van der Waals surface area contributed by atoms with E-state index in [1.807, 2.05) is 47.1 Å². The third-order valence-corrected chi connectivity index (χ3v) is 4.94. The number of nitrogens with one attached hydrogen (secondary N) is 1. The summed E-state index contributed by atoms with van der Waals surface area (Å²) >= 11 is 5.39. The zero-order chi connectivity index (χ0) is 17.9. The van der Waals surface area contributed by atoms with Gasteiger partial charge in [-0.05, 0) is 24.4 Å². The summed E-state index contributed by atoms with van der Waals surface area (Å²) in [4.78, 5) is 8.84. The standard InChI is InChI=1S/C19H20FN5S/c20-16-8-4-5-9-17(16)24-12-10-23(11-13-24)14-25-19(26)21-18(22-25)15-6-2-1-3-7-15/h1-9H,10-14H2,(H,21,22,26). The summed E-state index contributed by atoms with van der Waals surface area (Å²) in [6.45, 7) is 3.91. The van der Waals surface area contributed by atoms with Crippen molar-refractivity contribution >= 4 is 17.9 Å². The number of hydrogen-bond donors (Lipinski definition) is 1. The van der Waals surface area contributed by atoms with Crippen LogP contribution < -0.4 is 4.90 Å². The largest absolute Gasteiger partial charge is 0.367 e. The number of benzene rings is 2. The summed E-state index contributed by atoms with van der Waals surface area (Å²) in [6.07, 6.45) is 0. The second-order valence-corrected chi connectivity index (χ2v) is 6.71. The van der Waals surface area contributed by atoms with Gasteiger partial charge in [0.2, 0.25) is 4.77 Å². The van der Waals surface area contributed by atoms with Crippen LogP contribution in [0.2, 0.25) is 0 Å². The first-order valence-corrected chi connectivity index (χ1v) is 9.05. The normalized spacial score (nSPS) is 15.3. The van der Waals surface area contributed by atoms with E-state index < -0.39 is 0 Å². The number of nitrogens with zero attached hydrogens (tertiary/aromatic N) is 4. The van der Waals surface area contributed by atoms with Gasteiger partial charge in [0, 0.05) is 31.7 Å². The van der Waals surface area contributed by atoms with Gasteiger partial charge in [0.25, 0.3) is 0 Å². The number of piperazine rings is 1. The summed E-state index contributed by atoms with van der Waals surface area (Å²) in [7, 11) is 0. The van der Waals surface area contributed by atoms with E-state index in [2.05, 4.69) is 19.9 Å². The van der Waals surface area contributed by atoms with Crippen molar-refractivity contribution in [1.29, 1.82) is 0 Å². The topological polar surface area (TPSA) is 40.1 Å². The molecule has 1 aliphatic heterocycles. The van der Waals surface area contributed by atoms with E-state index in [1.165, 1.54) is 6.07 Å². The van der Waals surface area contributed by atoms with Gasteiger partial charge < -0.3 is 4.90 Å². The van der Waals surface area contributed by atoms with Crippen LogP contribution in [0.3, 0.4) is 0 Å². The van der Waals surface area contributed by atoms with Gasteiger partial charge in [-0.25, -0.2) is 9.07 Å². The molecule has 2 aromatic carbocycles. The van der Waals surface area contributed by atoms with Gasteiger partial charge in [-0.3, -0.25) is 10.00 Å². The van der Waals surface area contributed by atoms with Crippen molar-refractivity contribution in [2.24, 2.45) is 0 Å². The predicted molar refractivity (Wildman–Crippen MR) is 103 cm³/mol. The van der Waals surface area contributed by atoms with Crippen LogP contribution in [0.15, 0.2) is 54.6 Å². The fraction of sp³-hybridized carbons (Fsp3) is 0.263. The van der Waals surface area contributed by atoms with Gasteiger partial charge in [0.1, 0.15) is 5.82 Å². The van der Waals surface area contributed by atoms with Crippen LogP contribution in [0.4, 0.5) is 10.1 Å². The van der Waals surface area contributed by atoms with Crippen LogP contribution in [-0.4, -0.2) is 45.8 Å². The van der Waals surface area contributed by atoms with Crippen LogP contribution in [0, 0.1) is 10.6 Å². The van der Waals surface area contributed by atoms with E-state index >= 15 is 0 Å². The summed E-state index contributed by atoms with van der Waals surface area (Å²) in [5.41, 5.74) is 1.69. The van der Waals surface area contributed by atoms with E-state index in [-0.39, 0.29) is 5.82 Å². The van der Waals surface area contributed by atoms with Gasteiger partial charge in [-0.15, -0.1) is 0 Å². The van der Waals surface area contributed by atoms with Crippen molar-refractivity contribution in [3.8, 4) is 11.4 Å². The van der Waals surface area contributed by atoms with Gasteiger partial charge in [-0.2, -0.15) is 4.98 Å². The van der Waals surface area contributed by atoms with Crippen molar-refractivity contribution in [3.63, 3.8) is 0 Å². The second kappa shape index (κ2) is 7.39. The molecule has 0 amide bonds. The average molecular weight is 369 g/mol. The molecule has 0 radical (unpaired) electrons. The number of aromatic nitrogens is 3. The molecule has 1 saturated heterocycles. The van der Waals surface area contributed by atoms with Crippen molar-refractivity contribution in [2.45, 2.75) is 6.67 Å². The van der Waals surface area contributed by atoms with E-state index in [4.69, 9.17) is 12.2 Å². The number of halogens is 1. The zero-order valence-corrected chi connectivity index (χ0v) is 15.1. The maximum atomic E-state index is 13.9. The summed E-state index contributed by atoms with van der Waals surface area (Å²) in [5, 5.41) is 3.28. The van der Waals surface area contributed by atoms with E-state index in [0.717, 1.165) is 37.6 Å². The second-order valence-electron chi connectivity index (χ2n) is 6.35. The maximum absolute atomic E-state index is 13.9. The highest BCUT2D eigenvalue weighted by Gasteiger charge is 2.20. The Morgan fingerprint density at radius 1 is 0.962 bits per heavy atom. The molecule has 1 fully saturated rings. The molecule has 1 aromatic heterocycles. The molecule has 5 nitrogen and oxygen atoms in total. The van der Waals surface area contributed by atoms with Crippen molar-refractivity contribution in [2.75, 3.05) is 31.1 Å². The van der Waals surface area contributed by atoms with Crippen molar-refractivity contribution < 1.29 is 4.39 Å². The fourth-order valence-electron chi connectivity index (χ4n) is 3.22. The molecule has 0 spiro atoms. The Bertz CT molecular complexity index is 928. The predicted octanol–water partition coefficient (Wildman–Crippen LogP) is 3.53. The number of hydrogen-bond acceptors (Lipinski definition) is 4. The van der Waals surface area contributed by atoms with E-state index in [1.54, 1.807) is 6.07 Å². The molecule has 134 valence electrons. The Kier molecular flexibility index (Phi) is 4.81. The summed E-state index contributed by atoms with van der Waals surface area (Å²) in [5.74, 6) is 0.616. The van der Waals surface area contributed by atoms with E-state index in [9.17, 15) is 4.39 Å². The molecular formula is C19H20FN5S. The SMILES string of the molecule is Fc1ccccc1N1CCN(Cn2[nH]c(-c3ccccc3)nc2=S)CC1. The van der Waals surface area contributed by atoms with E-state index in [0.29, 0.717) is 17.1 Å². The van der Waals surface area contributed by atoms with Gasteiger partial charge in [-0.1, -0.05) is 42.5 Å². The highest BCUT2D eigenvalue weighted by molar-refractivity contribution is 7.71. The first-order chi connectivity index (χ1) is 12.7. The van der Waals surface area contributed by atoms with Crippen molar-refractivity contribution in [1.82, 2.24) is 19.7 Å². The molecule has 26 heavy (non-hydrogen) atoms. The molecule has 0 aliphatic carbocycles. The lowest BCUT2D eigenvalue weighted by atomic mass is 10.2. The van der Waals surface area contributed by atoms with Gasteiger partial charge >= 0.3 is 0 Å². The monoisotopic (exact) mass is 369 g/mol. The maximum Gasteiger partial charge on any atom is 0.217 e. The van der Waals surface area contributed by atoms with Crippen molar-refractivity contribution in [3.05, 3.63) is 65.2 Å². The Morgan fingerprint density at radius 2 is 1.65 bits per heavy atom. The molecule has 3 aromatic rings. The third kappa shape index (κ3) is 3.54. The number of rotatable bonds is 4. The Morgan fingerprint density at radius 3 is 2.38 bits per heavy atom. The fourth-order valence-corrected chi connectivity index (χ4v) is 3.41. The summed E-state index contributed by atoms with van der Waals surface area (Å²) < 4.78 is 16.4. The molecule has 1 aliphatic rings. The minimum Gasteiger partial charge on any atom is -0.367 e. The molecule has 2 heterocycles. The first-order valence-electron chi connectivity index (χ1n) is 8.65. The lowest BCUT2D eigenvalue weighted by Gasteiger charge is -2.36. The molecule has 0 bridgehead atoms. The Labute approximate surface area is 156 Å². The Hall–Kier alpha value is -2.51. The molecule has 7 heteroatoms. The molecule has 0 atom stereocenters. The lowest BCUT2D eigenvalue weighted by Crippen LogP contribution is -2.47. The molecular weight excluding hydrogens is 349 g/mol.